The molecule has 0 radical (unpaired) electrons. The number of hydrogen-bond acceptors (Lipinski definition) is 3. The Morgan fingerprint density at radius 1 is 0.957 bits per heavy atom. The van der Waals surface area contributed by atoms with Gasteiger partial charge in [0.2, 0.25) is 0 Å². The van der Waals surface area contributed by atoms with Gasteiger partial charge < -0.3 is 5.32 Å². The van der Waals surface area contributed by atoms with Gasteiger partial charge in [-0.15, -0.1) is 12.4 Å². The molecule has 0 amide bonds. The average Bonchev–Trinajstić information content (AvgIpc) is 2.39. The van der Waals surface area contributed by atoms with E-state index >= 15 is 0 Å². The molecule has 0 saturated carbocycles. The molecule has 1 aromatic rings. The summed E-state index contributed by atoms with van der Waals surface area (Å²) in [7, 11) is 0. The van der Waals surface area contributed by atoms with Gasteiger partial charge in [-0.25, -0.2) is 0 Å². The van der Waals surface area contributed by atoms with Crippen LogP contribution in [-0.4, -0.2) is 42.8 Å². The van der Waals surface area contributed by atoms with Crippen molar-refractivity contribution in [1.82, 2.24) is 10.2 Å². The molecule has 0 spiro atoms. The summed E-state index contributed by atoms with van der Waals surface area (Å²) >= 11 is -0.341. The van der Waals surface area contributed by atoms with E-state index in [9.17, 15) is 26.3 Å². The summed E-state index contributed by atoms with van der Waals surface area (Å²) in [5.41, 5.74) is -4.50. The molecular formula is C13H15ClF6N2S. The summed E-state index contributed by atoms with van der Waals surface area (Å²) in [5, 5.41) is 2.97. The van der Waals surface area contributed by atoms with Crippen molar-refractivity contribution in [3.05, 3.63) is 29.8 Å². The van der Waals surface area contributed by atoms with E-state index in [4.69, 9.17) is 0 Å². The first-order chi connectivity index (χ1) is 10.2. The van der Waals surface area contributed by atoms with Crippen LogP contribution in [0.15, 0.2) is 29.2 Å². The van der Waals surface area contributed by atoms with Crippen molar-refractivity contribution in [2.75, 3.05) is 26.2 Å². The molecule has 0 aliphatic carbocycles. The minimum Gasteiger partial charge on any atom is -0.314 e. The van der Waals surface area contributed by atoms with Gasteiger partial charge in [0.1, 0.15) is 6.04 Å². The fraction of sp³-hybridized carbons (Fsp3) is 0.538. The zero-order valence-corrected chi connectivity index (χ0v) is 13.4. The second-order valence-electron chi connectivity index (χ2n) is 4.85. The predicted molar refractivity (Wildman–Crippen MR) is 78.8 cm³/mol. The third-order valence-electron chi connectivity index (χ3n) is 3.26. The van der Waals surface area contributed by atoms with Crippen molar-refractivity contribution in [3.8, 4) is 0 Å². The lowest BCUT2D eigenvalue weighted by Gasteiger charge is -2.36. The van der Waals surface area contributed by atoms with E-state index < -0.39 is 17.7 Å². The van der Waals surface area contributed by atoms with Gasteiger partial charge in [-0.3, -0.25) is 4.90 Å². The molecule has 0 bridgehead atoms. The van der Waals surface area contributed by atoms with Crippen LogP contribution in [0.5, 0.6) is 0 Å². The first kappa shape index (κ1) is 20.4. The van der Waals surface area contributed by atoms with Crippen LogP contribution < -0.4 is 5.32 Å². The number of rotatable bonds is 3. The second kappa shape index (κ2) is 7.96. The summed E-state index contributed by atoms with van der Waals surface area (Å²) in [6, 6.07) is 2.60. The SMILES string of the molecule is Cl.FC(F)(F)Sc1ccc([C@@H](N2CCNCC2)C(F)(F)F)cc1. The molecule has 10 heteroatoms. The second-order valence-corrected chi connectivity index (χ2v) is 5.99. The predicted octanol–water partition coefficient (Wildman–Crippen LogP) is 4.23. The summed E-state index contributed by atoms with van der Waals surface area (Å²) in [6.45, 7) is 1.38. The molecule has 2 rings (SSSR count). The van der Waals surface area contributed by atoms with Crippen LogP contribution in [0.4, 0.5) is 26.3 Å². The maximum absolute atomic E-state index is 13.3. The Morgan fingerprint density at radius 3 is 1.91 bits per heavy atom. The lowest BCUT2D eigenvalue weighted by Crippen LogP contribution is -2.49. The van der Waals surface area contributed by atoms with Gasteiger partial charge in [-0.2, -0.15) is 26.3 Å². The van der Waals surface area contributed by atoms with Crippen molar-refractivity contribution >= 4 is 24.2 Å². The largest absolute Gasteiger partial charge is 0.446 e. The van der Waals surface area contributed by atoms with Crippen LogP contribution in [0.3, 0.4) is 0 Å². The highest BCUT2D eigenvalue weighted by molar-refractivity contribution is 8.00. The Bertz CT molecular complexity index is 485. The summed E-state index contributed by atoms with van der Waals surface area (Å²) in [5.74, 6) is 0. The third kappa shape index (κ3) is 6.06. The molecule has 1 saturated heterocycles. The number of nitrogens with zero attached hydrogens (tertiary/aromatic N) is 1. The van der Waals surface area contributed by atoms with Crippen LogP contribution >= 0.6 is 24.2 Å². The minimum atomic E-state index is -4.48. The lowest BCUT2D eigenvalue weighted by atomic mass is 10.0. The molecular weight excluding hydrogens is 366 g/mol. The Balaban J connectivity index is 0.00000264. The molecule has 0 unspecified atom stereocenters. The fourth-order valence-electron chi connectivity index (χ4n) is 2.40. The topological polar surface area (TPSA) is 15.3 Å². The van der Waals surface area contributed by atoms with Gasteiger partial charge in [0.05, 0.1) is 0 Å². The van der Waals surface area contributed by atoms with Crippen molar-refractivity contribution in [1.29, 1.82) is 0 Å². The number of halogens is 7. The quantitative estimate of drug-likeness (QED) is 0.624. The number of piperazine rings is 1. The van der Waals surface area contributed by atoms with E-state index in [0.29, 0.717) is 13.1 Å². The van der Waals surface area contributed by atoms with Crippen LogP contribution in [0.1, 0.15) is 11.6 Å². The summed E-state index contributed by atoms with van der Waals surface area (Å²) < 4.78 is 76.7. The highest BCUT2D eigenvalue weighted by Gasteiger charge is 2.44. The summed E-state index contributed by atoms with van der Waals surface area (Å²) in [4.78, 5) is 1.17. The molecule has 0 aromatic heterocycles. The first-order valence-electron chi connectivity index (χ1n) is 6.54. The molecule has 132 valence electrons. The van der Waals surface area contributed by atoms with E-state index in [1.165, 1.54) is 4.90 Å². The number of hydrogen-bond donors (Lipinski definition) is 1. The summed E-state index contributed by atoms with van der Waals surface area (Å²) in [6.07, 6.45) is -4.48. The van der Waals surface area contributed by atoms with Gasteiger partial charge in [0.15, 0.2) is 0 Å². The number of alkyl halides is 6. The zero-order chi connectivity index (χ0) is 16.4. The number of nitrogens with one attached hydrogen (secondary N) is 1. The number of thioether (sulfide) groups is 1. The Kier molecular flexibility index (Phi) is 7.06. The van der Waals surface area contributed by atoms with E-state index in [1.54, 1.807) is 0 Å². The van der Waals surface area contributed by atoms with E-state index in [-0.39, 0.29) is 47.7 Å². The van der Waals surface area contributed by atoms with Gasteiger partial charge in [-0.1, -0.05) is 12.1 Å². The first-order valence-corrected chi connectivity index (χ1v) is 7.36. The maximum Gasteiger partial charge on any atom is 0.446 e. The van der Waals surface area contributed by atoms with Crippen LogP contribution in [-0.2, 0) is 0 Å². The van der Waals surface area contributed by atoms with Gasteiger partial charge in [0, 0.05) is 31.1 Å². The molecule has 2 nitrogen and oxygen atoms in total. The van der Waals surface area contributed by atoms with Crippen LogP contribution in [0.2, 0.25) is 0 Å². The Labute approximate surface area is 140 Å². The van der Waals surface area contributed by atoms with Gasteiger partial charge >= 0.3 is 11.7 Å². The van der Waals surface area contributed by atoms with E-state index in [1.807, 2.05) is 0 Å². The standard InChI is InChI=1S/C13H14F6N2S.ClH/c14-12(15,16)11(21-7-5-20-6-8-21)9-1-3-10(4-2-9)22-13(17,18)19;/h1-4,11,20H,5-8H2;1H/t11-;/m1./s1. The lowest BCUT2D eigenvalue weighted by molar-refractivity contribution is -0.187. The fourth-order valence-corrected chi connectivity index (χ4v) is 2.94. The van der Waals surface area contributed by atoms with Crippen molar-refractivity contribution < 1.29 is 26.3 Å². The molecule has 23 heavy (non-hydrogen) atoms. The maximum atomic E-state index is 13.3. The smallest absolute Gasteiger partial charge is 0.314 e. The van der Waals surface area contributed by atoms with Gasteiger partial charge in [0.25, 0.3) is 0 Å². The van der Waals surface area contributed by atoms with E-state index in [2.05, 4.69) is 5.32 Å². The van der Waals surface area contributed by atoms with E-state index in [0.717, 1.165) is 24.3 Å². The van der Waals surface area contributed by atoms with Crippen molar-refractivity contribution in [2.24, 2.45) is 0 Å². The molecule has 1 heterocycles. The van der Waals surface area contributed by atoms with Crippen molar-refractivity contribution in [3.63, 3.8) is 0 Å². The average molecular weight is 381 g/mol. The Hall–Kier alpha value is -0.640. The molecule has 1 aliphatic heterocycles. The third-order valence-corrected chi connectivity index (χ3v) is 4.00. The van der Waals surface area contributed by atoms with Crippen LogP contribution in [0.25, 0.3) is 0 Å². The van der Waals surface area contributed by atoms with Gasteiger partial charge in [-0.05, 0) is 29.5 Å². The molecule has 1 N–H and O–H groups in total. The molecule has 1 aliphatic rings. The minimum absolute atomic E-state index is 0. The molecule has 1 atom stereocenters. The monoisotopic (exact) mass is 380 g/mol. The zero-order valence-electron chi connectivity index (χ0n) is 11.7. The molecule has 1 fully saturated rings. The van der Waals surface area contributed by atoms with Crippen molar-refractivity contribution in [2.45, 2.75) is 22.6 Å². The Morgan fingerprint density at radius 2 is 1.48 bits per heavy atom. The number of benzene rings is 1. The van der Waals surface area contributed by atoms with Crippen LogP contribution in [0, 0.1) is 0 Å². The molecule has 1 aromatic carbocycles. The normalized spacial score (nSPS) is 18.3. The highest BCUT2D eigenvalue weighted by atomic mass is 35.5. The highest BCUT2D eigenvalue weighted by Crippen LogP contribution is 2.40.